The normalized spacial score (nSPS) is 14.4. The Morgan fingerprint density at radius 3 is 1.62 bits per heavy atom. The van der Waals surface area contributed by atoms with Gasteiger partial charge in [0.15, 0.2) is 10.9 Å². The summed E-state index contributed by atoms with van der Waals surface area (Å²) >= 11 is 5.44. The maximum atomic E-state index is 13.5. The van der Waals surface area contributed by atoms with Gasteiger partial charge in [-0.25, -0.2) is 19.2 Å². The van der Waals surface area contributed by atoms with E-state index in [1.165, 1.54) is 0 Å². The number of Topliss-reactive ketones (excluding diaryl/α,β-unsaturated/α-hetero) is 1. The van der Waals surface area contributed by atoms with Gasteiger partial charge >= 0.3 is 66.2 Å². The van der Waals surface area contributed by atoms with Gasteiger partial charge in [-0.2, -0.15) is 19.2 Å². The highest BCUT2D eigenvalue weighted by atomic mass is 32.1. The van der Waals surface area contributed by atoms with Crippen LogP contribution in [0.5, 0.6) is 0 Å². The van der Waals surface area contributed by atoms with E-state index in [2.05, 4.69) is 47.4 Å². The number of amides is 6. The van der Waals surface area contributed by atoms with Crippen LogP contribution in [-0.2, 0) is 86.5 Å². The van der Waals surface area contributed by atoms with Gasteiger partial charge in [0.2, 0.25) is 11.8 Å². The molecule has 0 aliphatic carbocycles. The third-order valence-electron chi connectivity index (χ3n) is 13.6. The summed E-state index contributed by atoms with van der Waals surface area (Å²) in [6.07, 6.45) is -0.678. The third-order valence-corrected chi connectivity index (χ3v) is 13.8. The van der Waals surface area contributed by atoms with Crippen molar-refractivity contribution in [1.82, 2.24) is 51.9 Å². The lowest BCUT2D eigenvalue weighted by atomic mass is 9.92. The highest BCUT2D eigenvalue weighted by Gasteiger charge is 2.33. The van der Waals surface area contributed by atoms with Gasteiger partial charge < -0.3 is 83.2 Å². The highest BCUT2D eigenvalue weighted by Crippen LogP contribution is 2.18. The maximum Gasteiger partial charge on any atom is 0.373 e. The SMILES string of the molecule is CN1CCN(CC(=O)O)CCN(CC(=O)O)C(Cc2ccc(NC(=S)NCCCC[C@H](NC(=O)[C@H](CC(=O)O)CC(=O)[C@H](CC(=O)O)NC(=O)Cc3ccc(CNC(=O)NCCCC[C@H](NC(=O)NCCCC(=O)O)C(=O)O)cc3)C(=O)O)cc2)C1.O=C=O.O=C=O. The number of anilines is 1. The second-order valence-electron chi connectivity index (χ2n) is 20.9. The van der Waals surface area contributed by atoms with Crippen molar-refractivity contribution in [3.05, 3.63) is 65.2 Å². The Balaban J connectivity index is 0.00000677. The molecule has 34 nitrogen and oxygen atoms in total. The summed E-state index contributed by atoms with van der Waals surface area (Å²) in [5, 5.41) is 87.2. The number of ketones is 1. The molecule has 0 bridgehead atoms. The van der Waals surface area contributed by atoms with Gasteiger partial charge in [0.1, 0.15) is 12.1 Å². The molecule has 1 aliphatic rings. The van der Waals surface area contributed by atoms with Crippen LogP contribution in [0.4, 0.5) is 15.3 Å². The average Bonchev–Trinajstić information content (AvgIpc) is 2.03. The number of urea groups is 2. The molecule has 6 amide bonds. The van der Waals surface area contributed by atoms with Crippen molar-refractivity contribution >= 4 is 107 Å². The van der Waals surface area contributed by atoms with Gasteiger partial charge in [0, 0.05) is 83.5 Å². The molecule has 5 atom stereocenters. The van der Waals surface area contributed by atoms with Gasteiger partial charge in [-0.15, -0.1) is 0 Å². The topological polar surface area (TPSA) is 521 Å². The number of carboxylic acids is 7. The molecule has 0 aromatic heterocycles. The van der Waals surface area contributed by atoms with Crippen molar-refractivity contribution in [1.29, 1.82) is 0 Å². The Hall–Kier alpha value is -9.79. The zero-order valence-corrected chi connectivity index (χ0v) is 51.2. The van der Waals surface area contributed by atoms with Crippen LogP contribution in [0.1, 0.15) is 87.3 Å². The van der Waals surface area contributed by atoms with E-state index in [1.807, 2.05) is 36.2 Å². The Morgan fingerprint density at radius 1 is 0.543 bits per heavy atom. The third kappa shape index (κ3) is 37.3. The predicted octanol–water partition coefficient (Wildman–Crippen LogP) is -0.986. The summed E-state index contributed by atoms with van der Waals surface area (Å²) in [6, 6.07) is 7.86. The van der Waals surface area contributed by atoms with Crippen molar-refractivity contribution in [3.8, 4) is 0 Å². The molecule has 1 unspecified atom stereocenters. The van der Waals surface area contributed by atoms with Crippen molar-refractivity contribution in [3.63, 3.8) is 0 Å². The van der Waals surface area contributed by atoms with E-state index in [9.17, 15) is 88.2 Å². The summed E-state index contributed by atoms with van der Waals surface area (Å²) in [5.74, 6) is -13.2. The number of hydrogen-bond acceptors (Lipinski definition) is 20. The van der Waals surface area contributed by atoms with Crippen LogP contribution in [-0.4, -0.2) is 236 Å². The number of benzene rings is 2. The molecule has 15 N–H and O–H groups in total. The van der Waals surface area contributed by atoms with E-state index in [4.69, 9.17) is 36.5 Å². The molecule has 92 heavy (non-hydrogen) atoms. The number of thiocarbonyl (C=S) groups is 1. The predicted molar refractivity (Wildman–Crippen MR) is 321 cm³/mol. The minimum Gasteiger partial charge on any atom is -0.481 e. The standard InChI is InChI=1S/C55H79N11O19S.2CO2/c1-64-21-22-65(32-48(75)76)23-24-66(33-49(77)78)39(31-64)25-34-14-16-38(17-15-34)60-55(86)58-19-5-3-7-40(51(80)81)62-50(79)37(28-46(71)72)27-43(67)42(29-47(73)74)61-44(68)26-35-10-12-36(13-11-35)30-59-53(84)56-18-4-2-8-41(52(82)83)63-54(85)57-20-6-9-45(69)70;2*2-1-3/h10-17,37,39-42H,2-9,18-33H2,1H3,(H,61,68)(H,62,79)(H,69,70)(H,71,72)(H,73,74)(H,75,76)(H,77,78)(H,80,81)(H,82,83)(H2,56,59,84)(H2,57,63,85)(H2,58,60,86);;/t37-,39?,40-,41-,42-;;/m0../s1. The first-order valence-electron chi connectivity index (χ1n) is 28.7. The number of aliphatic carboxylic acids is 7. The monoisotopic (exact) mass is 1320 g/mol. The lowest BCUT2D eigenvalue weighted by Crippen LogP contribution is -2.47. The highest BCUT2D eigenvalue weighted by molar-refractivity contribution is 7.80. The molecule has 0 radical (unpaired) electrons. The van der Waals surface area contributed by atoms with Crippen molar-refractivity contribution in [2.75, 3.05) is 77.8 Å². The van der Waals surface area contributed by atoms with E-state index in [0.29, 0.717) is 75.2 Å². The number of rotatable bonds is 38. The fourth-order valence-corrected chi connectivity index (χ4v) is 9.29. The molecule has 3 rings (SSSR count). The number of carboxylic acid groups (broad SMARTS) is 7. The van der Waals surface area contributed by atoms with Gasteiger partial charge in [-0.1, -0.05) is 36.4 Å². The van der Waals surface area contributed by atoms with Crippen molar-refractivity contribution < 1.29 is 112 Å². The molecule has 1 fully saturated rings. The Labute approximate surface area is 532 Å². The van der Waals surface area contributed by atoms with Gasteiger partial charge in [0.25, 0.3) is 0 Å². The first kappa shape index (κ1) is 80.2. The Kier molecular flexibility index (Phi) is 39.6. The minimum atomic E-state index is -1.69. The molecule has 1 heterocycles. The average molecular weight is 1320 g/mol. The van der Waals surface area contributed by atoms with Gasteiger partial charge in [-0.05, 0) is 99.5 Å². The van der Waals surface area contributed by atoms with Crippen LogP contribution < -0.4 is 42.5 Å². The molecule has 2 aromatic carbocycles. The smallest absolute Gasteiger partial charge is 0.373 e. The van der Waals surface area contributed by atoms with Crippen LogP contribution in [0.2, 0.25) is 0 Å². The molecule has 0 spiro atoms. The Bertz CT molecular complexity index is 2840. The van der Waals surface area contributed by atoms with E-state index < -0.39 is 115 Å². The van der Waals surface area contributed by atoms with Crippen LogP contribution in [0.3, 0.4) is 0 Å². The van der Waals surface area contributed by atoms with Crippen LogP contribution in [0.15, 0.2) is 48.5 Å². The summed E-state index contributed by atoms with van der Waals surface area (Å²) in [6.45, 7) is 2.71. The van der Waals surface area contributed by atoms with E-state index >= 15 is 0 Å². The zero-order chi connectivity index (χ0) is 69.1. The number of carbonyl (C=O) groups is 12. The molecule has 2 aromatic rings. The summed E-state index contributed by atoms with van der Waals surface area (Å²) < 4.78 is 0. The lowest BCUT2D eigenvalue weighted by molar-refractivity contribution is -0.193. The van der Waals surface area contributed by atoms with Crippen molar-refractivity contribution in [2.24, 2.45) is 5.92 Å². The van der Waals surface area contributed by atoms with E-state index in [1.54, 1.807) is 29.2 Å². The number of hydrogen-bond donors (Lipinski definition) is 15. The zero-order valence-electron chi connectivity index (χ0n) is 50.4. The van der Waals surface area contributed by atoms with Crippen molar-refractivity contribution in [2.45, 2.75) is 114 Å². The minimum absolute atomic E-state index is 0.0498. The second kappa shape index (κ2) is 45.5. The fraction of sp³-hybridized carbons (Fsp3) is 0.526. The van der Waals surface area contributed by atoms with Crippen LogP contribution in [0.25, 0.3) is 0 Å². The molecule has 35 heteroatoms. The summed E-state index contributed by atoms with van der Waals surface area (Å²) in [5.41, 5.74) is 2.63. The molecule has 0 saturated carbocycles. The summed E-state index contributed by atoms with van der Waals surface area (Å²) in [4.78, 5) is 184. The number of nitrogens with zero attached hydrogens (tertiary/aromatic N) is 3. The molecule has 1 aliphatic heterocycles. The molecule has 506 valence electrons. The first-order chi connectivity index (χ1) is 43.6. The number of unbranched alkanes of at least 4 members (excludes halogenated alkanes) is 2. The van der Waals surface area contributed by atoms with Crippen LogP contribution >= 0.6 is 12.2 Å². The second-order valence-corrected chi connectivity index (χ2v) is 21.3. The molecule has 1 saturated heterocycles. The van der Waals surface area contributed by atoms with Gasteiger partial charge in [0.05, 0.1) is 44.3 Å². The number of nitrogens with one attached hydrogen (secondary N) is 8. The Morgan fingerprint density at radius 2 is 1.07 bits per heavy atom. The molecular formula is C57H79N11O23S. The maximum absolute atomic E-state index is 13.5. The van der Waals surface area contributed by atoms with Crippen LogP contribution in [0, 0.1) is 5.92 Å². The number of carbonyl (C=O) groups excluding carboxylic acids is 9. The van der Waals surface area contributed by atoms with Gasteiger partial charge in [-0.3, -0.25) is 48.2 Å². The van der Waals surface area contributed by atoms with E-state index in [0.717, 1.165) is 5.56 Å². The first-order valence-corrected chi connectivity index (χ1v) is 29.1. The van der Waals surface area contributed by atoms with E-state index in [-0.39, 0.29) is 101 Å². The molecular weight excluding hydrogens is 1240 g/mol. The quantitative estimate of drug-likeness (QED) is 0.0284. The largest absolute Gasteiger partial charge is 0.481 e. The number of likely N-dealkylation sites (N-methyl/N-ethyl adjacent to an activating group) is 1. The lowest BCUT2D eigenvalue weighted by Gasteiger charge is -2.32. The summed E-state index contributed by atoms with van der Waals surface area (Å²) in [7, 11) is 1.91. The fourth-order valence-electron chi connectivity index (χ4n) is 9.07.